The number of likely N-dealkylation sites (N-methyl/N-ethyl adjacent to an activating group) is 1. The van der Waals surface area contributed by atoms with E-state index in [-0.39, 0.29) is 5.78 Å². The Balaban J connectivity index is 3.11. The summed E-state index contributed by atoms with van der Waals surface area (Å²) in [5.74, 6) is 0.0277. The summed E-state index contributed by atoms with van der Waals surface area (Å²) in [7, 11) is 0. The van der Waals surface area contributed by atoms with Crippen LogP contribution in [0, 0.1) is 6.04 Å². The molecule has 0 aliphatic heterocycles. The highest BCUT2D eigenvalue weighted by Gasteiger charge is 2.26. The number of hydrogen-bond acceptors (Lipinski definition) is 2. The second-order valence-corrected chi connectivity index (χ2v) is 4.00. The minimum absolute atomic E-state index is 0.0277. The zero-order valence-corrected chi connectivity index (χ0v) is 10.9. The molecule has 1 aromatic carbocycles. The number of rotatable bonds is 6. The molecule has 0 atom stereocenters. The van der Waals surface area contributed by atoms with E-state index in [2.05, 4.69) is 25.3 Å². The summed E-state index contributed by atoms with van der Waals surface area (Å²) in [4.78, 5) is 14.3. The zero-order chi connectivity index (χ0) is 12.8. The van der Waals surface area contributed by atoms with Crippen molar-refractivity contribution in [3.63, 3.8) is 0 Å². The highest BCUT2D eigenvalue weighted by Crippen LogP contribution is 2.22. The van der Waals surface area contributed by atoms with Gasteiger partial charge in [-0.05, 0) is 31.1 Å². The van der Waals surface area contributed by atoms with Gasteiger partial charge in [-0.1, -0.05) is 50.8 Å². The highest BCUT2D eigenvalue weighted by atomic mass is 16.1. The van der Waals surface area contributed by atoms with Crippen LogP contribution < -0.4 is 0 Å². The molecule has 0 saturated heterocycles. The summed E-state index contributed by atoms with van der Waals surface area (Å²) >= 11 is 0. The summed E-state index contributed by atoms with van der Waals surface area (Å²) in [6.07, 6.45) is 0. The Morgan fingerprint density at radius 2 is 1.71 bits per heavy atom. The number of ketones is 1. The van der Waals surface area contributed by atoms with Gasteiger partial charge in [0.2, 0.25) is 0 Å². The lowest BCUT2D eigenvalue weighted by Gasteiger charge is -2.27. The minimum atomic E-state index is 0.0277. The smallest absolute Gasteiger partial charge is 0.185 e. The Kier molecular flexibility index (Phi) is 5.11. The molecule has 0 heterocycles. The van der Waals surface area contributed by atoms with Crippen molar-refractivity contribution in [1.29, 1.82) is 0 Å². The van der Waals surface area contributed by atoms with Crippen molar-refractivity contribution in [2.24, 2.45) is 0 Å². The molecule has 0 N–H and O–H groups in total. The summed E-state index contributed by atoms with van der Waals surface area (Å²) < 4.78 is 0. The quantitative estimate of drug-likeness (QED) is 0.700. The molecule has 2 nitrogen and oxygen atoms in total. The molecule has 0 aliphatic carbocycles. The Morgan fingerprint density at radius 3 is 2.12 bits per heavy atom. The molecule has 2 heteroatoms. The van der Waals surface area contributed by atoms with E-state index < -0.39 is 0 Å². The van der Waals surface area contributed by atoms with Gasteiger partial charge >= 0.3 is 0 Å². The average molecular weight is 230 g/mol. The Hall–Kier alpha value is -1.41. The molecule has 1 aromatic rings. The molecule has 0 saturated carbocycles. The fourth-order valence-electron chi connectivity index (χ4n) is 1.80. The van der Waals surface area contributed by atoms with E-state index in [4.69, 9.17) is 0 Å². The number of Topliss-reactive ketones (excluding diaryl/α,β-unsaturated/α-hetero) is 1. The first-order valence-corrected chi connectivity index (χ1v) is 5.99. The lowest BCUT2D eigenvalue weighted by molar-refractivity contribution is -0.115. The van der Waals surface area contributed by atoms with Gasteiger partial charge in [0.1, 0.15) is 6.04 Å². The minimum Gasteiger partial charge on any atom is -0.292 e. The van der Waals surface area contributed by atoms with Gasteiger partial charge in [-0.15, -0.1) is 0 Å². The molecule has 0 fully saturated rings. The second kappa shape index (κ2) is 6.36. The van der Waals surface area contributed by atoms with Gasteiger partial charge in [-0.2, -0.15) is 0 Å². The predicted octanol–water partition coefficient (Wildman–Crippen LogP) is 3.05. The maximum atomic E-state index is 12.2. The van der Waals surface area contributed by atoms with E-state index >= 15 is 0 Å². The lowest BCUT2D eigenvalue weighted by atomic mass is 9.97. The monoisotopic (exact) mass is 230 g/mol. The first kappa shape index (κ1) is 13.7. The molecule has 1 radical (unpaired) electrons. The second-order valence-electron chi connectivity index (χ2n) is 4.00. The Labute approximate surface area is 104 Å². The van der Waals surface area contributed by atoms with Crippen molar-refractivity contribution in [1.82, 2.24) is 4.90 Å². The predicted molar refractivity (Wildman–Crippen MR) is 71.5 cm³/mol. The summed E-state index contributed by atoms with van der Waals surface area (Å²) in [6, 6.07) is 10.5. The largest absolute Gasteiger partial charge is 0.292 e. The van der Waals surface area contributed by atoms with Crippen molar-refractivity contribution in [2.75, 3.05) is 13.1 Å². The van der Waals surface area contributed by atoms with Crippen LogP contribution in [-0.4, -0.2) is 23.8 Å². The van der Waals surface area contributed by atoms with Crippen LogP contribution in [-0.2, 0) is 4.79 Å². The van der Waals surface area contributed by atoms with Crippen LogP contribution in [0.3, 0.4) is 0 Å². The van der Waals surface area contributed by atoms with Gasteiger partial charge in [-0.3, -0.25) is 9.69 Å². The molecule has 17 heavy (non-hydrogen) atoms. The van der Waals surface area contributed by atoms with Crippen LogP contribution in [0.5, 0.6) is 0 Å². The van der Waals surface area contributed by atoms with E-state index in [0.717, 1.165) is 24.7 Å². The Bertz CT molecular complexity index is 379. The highest BCUT2D eigenvalue weighted by molar-refractivity contribution is 6.07. The van der Waals surface area contributed by atoms with Crippen molar-refractivity contribution in [3.05, 3.63) is 54.1 Å². The number of carbonyl (C=O) groups excluding carboxylic acids is 1. The molecule has 0 bridgehead atoms. The molecule has 91 valence electrons. The molecular formula is C15H20NO. The fraction of sp³-hybridized carbons (Fsp3) is 0.333. The molecule has 0 aromatic heterocycles. The SMILES string of the molecule is C=C(C)C(=O)[C](c1ccccc1)N(CC)CC. The summed E-state index contributed by atoms with van der Waals surface area (Å²) in [5, 5.41) is 0. The van der Waals surface area contributed by atoms with Crippen LogP contribution in [0.1, 0.15) is 26.3 Å². The molecule has 0 spiro atoms. The maximum Gasteiger partial charge on any atom is 0.185 e. The fourth-order valence-corrected chi connectivity index (χ4v) is 1.80. The van der Waals surface area contributed by atoms with E-state index in [1.807, 2.05) is 30.3 Å². The van der Waals surface area contributed by atoms with Crippen molar-refractivity contribution >= 4 is 5.78 Å². The third-order valence-corrected chi connectivity index (χ3v) is 2.73. The van der Waals surface area contributed by atoms with Crippen LogP contribution >= 0.6 is 0 Å². The van der Waals surface area contributed by atoms with Crippen molar-refractivity contribution in [2.45, 2.75) is 20.8 Å². The summed E-state index contributed by atoms with van der Waals surface area (Å²) in [5.41, 5.74) is 1.54. The van der Waals surface area contributed by atoms with E-state index in [1.54, 1.807) is 6.92 Å². The van der Waals surface area contributed by atoms with Gasteiger partial charge < -0.3 is 0 Å². The first-order chi connectivity index (χ1) is 8.11. The number of nitrogens with zero attached hydrogens (tertiary/aromatic N) is 1. The third kappa shape index (κ3) is 3.27. The van der Waals surface area contributed by atoms with Crippen LogP contribution in [0.4, 0.5) is 0 Å². The van der Waals surface area contributed by atoms with E-state index in [0.29, 0.717) is 5.57 Å². The van der Waals surface area contributed by atoms with Gasteiger partial charge in [-0.25, -0.2) is 0 Å². The molecule has 1 rings (SSSR count). The average Bonchev–Trinajstić information content (AvgIpc) is 2.36. The van der Waals surface area contributed by atoms with Crippen LogP contribution in [0.15, 0.2) is 42.5 Å². The van der Waals surface area contributed by atoms with Gasteiger partial charge in [0, 0.05) is 0 Å². The zero-order valence-electron chi connectivity index (χ0n) is 10.9. The number of carbonyl (C=O) groups is 1. The van der Waals surface area contributed by atoms with Gasteiger partial charge in [0.15, 0.2) is 5.78 Å². The molecule has 0 amide bonds. The third-order valence-electron chi connectivity index (χ3n) is 2.73. The number of benzene rings is 1. The van der Waals surface area contributed by atoms with Crippen molar-refractivity contribution < 1.29 is 4.79 Å². The topological polar surface area (TPSA) is 20.3 Å². The molecule has 0 aliphatic rings. The molecular weight excluding hydrogens is 210 g/mol. The lowest BCUT2D eigenvalue weighted by Crippen LogP contribution is -2.35. The standard InChI is InChI=1S/C15H20NO/c1-5-16(6-2)14(15(17)12(3)4)13-10-8-7-9-11-13/h7-11H,3,5-6H2,1-2,4H3. The van der Waals surface area contributed by atoms with Crippen LogP contribution in [0.25, 0.3) is 0 Å². The maximum absolute atomic E-state index is 12.2. The molecule has 0 unspecified atom stereocenters. The number of hydrogen-bond donors (Lipinski definition) is 0. The van der Waals surface area contributed by atoms with Gasteiger partial charge in [0.05, 0.1) is 0 Å². The normalized spacial score (nSPS) is 10.9. The van der Waals surface area contributed by atoms with Crippen LogP contribution in [0.2, 0.25) is 0 Å². The van der Waals surface area contributed by atoms with E-state index in [1.165, 1.54) is 0 Å². The van der Waals surface area contributed by atoms with Gasteiger partial charge in [0.25, 0.3) is 0 Å². The summed E-state index contributed by atoms with van der Waals surface area (Å²) in [6.45, 7) is 11.3. The first-order valence-electron chi connectivity index (χ1n) is 5.99. The Morgan fingerprint density at radius 1 is 1.18 bits per heavy atom. The van der Waals surface area contributed by atoms with Crippen molar-refractivity contribution in [3.8, 4) is 0 Å². The van der Waals surface area contributed by atoms with E-state index in [9.17, 15) is 4.79 Å².